The molecule has 7 heteroatoms. The monoisotopic (exact) mass is 419 g/mol. The fraction of sp³-hybridized carbons (Fsp3) is 0.333. The number of rotatable bonds is 4. The SMILES string of the molecule is Cl.NC1C2CCC(C2)C1C(=O)Nc1ccc(Cl)c(C(=O)Nc2ccccc2)c1. The first-order valence-corrected chi connectivity index (χ1v) is 9.63. The van der Waals surface area contributed by atoms with E-state index in [2.05, 4.69) is 10.6 Å². The van der Waals surface area contributed by atoms with Gasteiger partial charge < -0.3 is 16.4 Å². The molecule has 2 aliphatic rings. The molecule has 0 spiro atoms. The second-order valence-corrected chi connectivity index (χ2v) is 7.85. The Bertz CT molecular complexity index is 873. The van der Waals surface area contributed by atoms with Gasteiger partial charge in [0.2, 0.25) is 5.91 Å². The summed E-state index contributed by atoms with van der Waals surface area (Å²) in [5.74, 6) is 0.299. The minimum atomic E-state index is -0.320. The number of hydrogen-bond acceptors (Lipinski definition) is 3. The van der Waals surface area contributed by atoms with E-state index in [1.807, 2.05) is 18.2 Å². The normalized spacial score (nSPS) is 25.1. The van der Waals surface area contributed by atoms with E-state index in [0.29, 0.717) is 33.8 Å². The quantitative estimate of drug-likeness (QED) is 0.689. The summed E-state index contributed by atoms with van der Waals surface area (Å²) >= 11 is 6.20. The first-order valence-electron chi connectivity index (χ1n) is 9.25. The lowest BCUT2D eigenvalue weighted by Gasteiger charge is -2.27. The molecule has 2 fully saturated rings. The zero-order valence-corrected chi connectivity index (χ0v) is 16.8. The van der Waals surface area contributed by atoms with E-state index in [-0.39, 0.29) is 36.2 Å². The molecule has 28 heavy (non-hydrogen) atoms. The van der Waals surface area contributed by atoms with Gasteiger partial charge in [0.25, 0.3) is 5.91 Å². The largest absolute Gasteiger partial charge is 0.327 e. The second kappa shape index (κ2) is 8.52. The van der Waals surface area contributed by atoms with Crippen molar-refractivity contribution in [2.75, 3.05) is 10.6 Å². The number of nitrogens with one attached hydrogen (secondary N) is 2. The number of benzene rings is 2. The summed E-state index contributed by atoms with van der Waals surface area (Å²) < 4.78 is 0. The van der Waals surface area contributed by atoms with Crippen molar-refractivity contribution >= 4 is 47.2 Å². The van der Waals surface area contributed by atoms with Gasteiger partial charge in [-0.2, -0.15) is 0 Å². The molecule has 4 unspecified atom stereocenters. The molecule has 2 bridgehead atoms. The lowest BCUT2D eigenvalue weighted by Crippen LogP contribution is -2.42. The number of amides is 2. The highest BCUT2D eigenvalue weighted by molar-refractivity contribution is 6.34. The van der Waals surface area contributed by atoms with Crippen molar-refractivity contribution in [3.8, 4) is 0 Å². The number of para-hydroxylation sites is 1. The molecule has 0 heterocycles. The molecule has 0 aliphatic heterocycles. The van der Waals surface area contributed by atoms with E-state index in [9.17, 15) is 9.59 Å². The number of carbonyl (C=O) groups is 2. The summed E-state index contributed by atoms with van der Waals surface area (Å²) in [5, 5.41) is 6.07. The summed E-state index contributed by atoms with van der Waals surface area (Å²) in [6, 6.07) is 14.0. The zero-order chi connectivity index (χ0) is 19.0. The molecule has 2 aromatic rings. The Morgan fingerprint density at radius 3 is 2.36 bits per heavy atom. The Morgan fingerprint density at radius 2 is 1.68 bits per heavy atom. The predicted octanol–water partition coefficient (Wildman–Crippen LogP) is 4.33. The Labute approximate surface area is 175 Å². The van der Waals surface area contributed by atoms with E-state index in [0.717, 1.165) is 19.3 Å². The Balaban J connectivity index is 0.00000225. The van der Waals surface area contributed by atoms with Crippen LogP contribution in [0.25, 0.3) is 0 Å². The summed E-state index contributed by atoms with van der Waals surface area (Å²) in [4.78, 5) is 25.3. The molecule has 5 nitrogen and oxygen atoms in total. The highest BCUT2D eigenvalue weighted by atomic mass is 35.5. The van der Waals surface area contributed by atoms with Gasteiger partial charge in [-0.25, -0.2) is 0 Å². The minimum absolute atomic E-state index is 0. The summed E-state index contributed by atoms with van der Waals surface area (Å²) in [7, 11) is 0. The standard InChI is InChI=1S/C21H22ClN3O2.ClH/c22-17-9-8-15(11-16(17)20(26)24-14-4-2-1-3-5-14)25-21(27)18-12-6-7-13(10-12)19(18)23;/h1-5,8-9,11-13,18-19H,6-7,10,23H2,(H,24,26)(H,25,27);1H. The van der Waals surface area contributed by atoms with Crippen LogP contribution in [0, 0.1) is 17.8 Å². The highest BCUT2D eigenvalue weighted by Crippen LogP contribution is 2.47. The van der Waals surface area contributed by atoms with Gasteiger partial charge in [0, 0.05) is 17.4 Å². The molecule has 2 aromatic carbocycles. The molecule has 0 saturated heterocycles. The number of fused-ring (bicyclic) bond motifs is 2. The van der Waals surface area contributed by atoms with Crippen LogP contribution in [-0.4, -0.2) is 17.9 Å². The molecule has 2 aliphatic carbocycles. The Kier molecular flexibility index (Phi) is 6.28. The molecular weight excluding hydrogens is 397 g/mol. The third-order valence-corrected chi connectivity index (χ3v) is 6.12. The molecule has 0 radical (unpaired) electrons. The Morgan fingerprint density at radius 1 is 0.964 bits per heavy atom. The van der Waals surface area contributed by atoms with Crippen molar-refractivity contribution in [1.29, 1.82) is 0 Å². The van der Waals surface area contributed by atoms with E-state index >= 15 is 0 Å². The zero-order valence-electron chi connectivity index (χ0n) is 15.2. The van der Waals surface area contributed by atoms with Gasteiger partial charge in [-0.15, -0.1) is 12.4 Å². The van der Waals surface area contributed by atoms with Gasteiger partial charge in [-0.3, -0.25) is 9.59 Å². The van der Waals surface area contributed by atoms with Crippen LogP contribution in [0.4, 0.5) is 11.4 Å². The van der Waals surface area contributed by atoms with Gasteiger partial charge in [-0.05, 0) is 61.4 Å². The van der Waals surface area contributed by atoms with E-state index in [4.69, 9.17) is 17.3 Å². The number of anilines is 2. The smallest absolute Gasteiger partial charge is 0.257 e. The minimum Gasteiger partial charge on any atom is -0.327 e. The average Bonchev–Trinajstić information content (AvgIpc) is 3.25. The third-order valence-electron chi connectivity index (χ3n) is 5.79. The first kappa shape index (κ1) is 20.6. The fourth-order valence-electron chi connectivity index (χ4n) is 4.45. The molecule has 4 N–H and O–H groups in total. The van der Waals surface area contributed by atoms with Crippen LogP contribution >= 0.6 is 24.0 Å². The van der Waals surface area contributed by atoms with Crippen LogP contribution in [-0.2, 0) is 4.79 Å². The lowest BCUT2D eigenvalue weighted by atomic mass is 9.84. The molecule has 4 atom stereocenters. The van der Waals surface area contributed by atoms with E-state index in [1.54, 1.807) is 30.3 Å². The molecular formula is C21H23Cl2N3O2. The summed E-state index contributed by atoms with van der Waals surface area (Å²) in [5.41, 5.74) is 7.81. The highest BCUT2D eigenvalue weighted by Gasteiger charge is 2.49. The number of carbonyl (C=O) groups excluding carboxylic acids is 2. The van der Waals surface area contributed by atoms with Crippen LogP contribution < -0.4 is 16.4 Å². The van der Waals surface area contributed by atoms with Crippen molar-refractivity contribution in [3.05, 3.63) is 59.1 Å². The van der Waals surface area contributed by atoms with Crippen LogP contribution in [0.15, 0.2) is 48.5 Å². The lowest BCUT2D eigenvalue weighted by molar-refractivity contribution is -0.121. The second-order valence-electron chi connectivity index (χ2n) is 7.44. The van der Waals surface area contributed by atoms with Crippen molar-refractivity contribution in [3.63, 3.8) is 0 Å². The summed E-state index contributed by atoms with van der Waals surface area (Å²) in [6.45, 7) is 0. The number of halogens is 2. The predicted molar refractivity (Wildman–Crippen MR) is 114 cm³/mol. The first-order chi connectivity index (χ1) is 13.0. The van der Waals surface area contributed by atoms with Crippen LogP contribution in [0.2, 0.25) is 5.02 Å². The Hall–Kier alpha value is -2.08. The van der Waals surface area contributed by atoms with E-state index < -0.39 is 0 Å². The van der Waals surface area contributed by atoms with Crippen molar-refractivity contribution in [2.45, 2.75) is 25.3 Å². The van der Waals surface area contributed by atoms with E-state index in [1.165, 1.54) is 0 Å². The van der Waals surface area contributed by atoms with Crippen LogP contribution in [0.3, 0.4) is 0 Å². The average molecular weight is 420 g/mol. The van der Waals surface area contributed by atoms with Gasteiger partial charge >= 0.3 is 0 Å². The van der Waals surface area contributed by atoms with Gasteiger partial charge in [0.05, 0.1) is 16.5 Å². The molecule has 148 valence electrons. The van der Waals surface area contributed by atoms with Crippen LogP contribution in [0.1, 0.15) is 29.6 Å². The molecule has 2 amide bonds. The number of hydrogen-bond donors (Lipinski definition) is 3. The van der Waals surface area contributed by atoms with Gasteiger partial charge in [0.15, 0.2) is 0 Å². The maximum Gasteiger partial charge on any atom is 0.257 e. The maximum atomic E-state index is 12.7. The van der Waals surface area contributed by atoms with Gasteiger partial charge in [-0.1, -0.05) is 29.8 Å². The maximum absolute atomic E-state index is 12.7. The van der Waals surface area contributed by atoms with Crippen molar-refractivity contribution < 1.29 is 9.59 Å². The molecule has 2 saturated carbocycles. The third kappa shape index (κ3) is 4.02. The van der Waals surface area contributed by atoms with Gasteiger partial charge in [0.1, 0.15) is 0 Å². The number of nitrogens with two attached hydrogens (primary N) is 1. The van der Waals surface area contributed by atoms with Crippen molar-refractivity contribution in [1.82, 2.24) is 0 Å². The van der Waals surface area contributed by atoms with Crippen molar-refractivity contribution in [2.24, 2.45) is 23.5 Å². The fourth-order valence-corrected chi connectivity index (χ4v) is 4.65. The molecule has 4 rings (SSSR count). The summed E-state index contributed by atoms with van der Waals surface area (Å²) in [6.07, 6.45) is 3.24. The molecule has 0 aromatic heterocycles. The van der Waals surface area contributed by atoms with Crippen LogP contribution in [0.5, 0.6) is 0 Å². The topological polar surface area (TPSA) is 84.2 Å².